The van der Waals surface area contributed by atoms with Crippen LogP contribution in [0.3, 0.4) is 0 Å². The second-order valence-corrected chi connectivity index (χ2v) is 14.7. The predicted octanol–water partition coefficient (Wildman–Crippen LogP) is 2.96. The summed E-state index contributed by atoms with van der Waals surface area (Å²) < 4.78 is 0. The second-order valence-electron chi connectivity index (χ2n) is 14.2. The molecule has 1 aromatic heterocycles. The number of primary amides is 1. The molecule has 0 aliphatic carbocycles. The molecule has 0 fully saturated rings. The van der Waals surface area contributed by atoms with Gasteiger partial charge in [0.05, 0.1) is 0 Å². The maximum Gasteiger partial charge on any atom is 0.243 e. The molecule has 0 saturated carbocycles. The number of benzene rings is 4. The minimum Gasteiger partial charge on any atom is -0.370 e. The fourth-order valence-corrected chi connectivity index (χ4v) is 6.75. The Labute approximate surface area is 347 Å². The molecule has 0 unspecified atom stereocenters. The number of carbonyl (C=O) groups excluding carboxylic acids is 5. The van der Waals surface area contributed by atoms with Crippen molar-refractivity contribution in [2.75, 3.05) is 6.54 Å². The summed E-state index contributed by atoms with van der Waals surface area (Å²) in [7, 11) is 0. The fourth-order valence-electron chi connectivity index (χ4n) is 6.63. The number of fused-ring (bicyclic) bond motifs is 1. The van der Waals surface area contributed by atoms with Gasteiger partial charge in [0.2, 0.25) is 29.5 Å². The number of aryl methyl sites for hydroxylation is 1. The van der Waals surface area contributed by atoms with Crippen LogP contribution in [0.1, 0.15) is 41.5 Å². The number of hydrogen-bond acceptors (Lipinski definition) is 6. The van der Waals surface area contributed by atoms with Gasteiger partial charge in [0.15, 0.2) is 5.96 Å². The molecule has 5 aromatic rings. The third-order valence-electron chi connectivity index (χ3n) is 9.74. The molecule has 14 nitrogen and oxygen atoms in total. The molecular weight excluding hydrogens is 770 g/mol. The average molecular weight is 820 g/mol. The number of H-pyrrole nitrogens is 1. The first-order valence-corrected chi connectivity index (χ1v) is 19.8. The zero-order chi connectivity index (χ0) is 42.1. The van der Waals surface area contributed by atoms with E-state index in [0.29, 0.717) is 11.4 Å². The summed E-state index contributed by atoms with van der Waals surface area (Å²) in [5.41, 5.74) is 20.9. The Morgan fingerprint density at radius 1 is 0.610 bits per heavy atom. The number of amides is 5. The normalized spacial score (nSPS) is 13.0. The van der Waals surface area contributed by atoms with E-state index in [-0.39, 0.29) is 56.9 Å². The Morgan fingerprint density at radius 2 is 1.15 bits per heavy atom. The largest absolute Gasteiger partial charge is 0.370 e. The number of rotatable bonds is 21. The van der Waals surface area contributed by atoms with Gasteiger partial charge in [0, 0.05) is 54.4 Å². The van der Waals surface area contributed by atoms with Gasteiger partial charge in [-0.25, -0.2) is 0 Å². The summed E-state index contributed by atoms with van der Waals surface area (Å²) >= 11 is 6.12. The molecular formula is C44H50ClN9O5. The molecule has 0 aliphatic heterocycles. The van der Waals surface area contributed by atoms with E-state index in [1.54, 1.807) is 42.6 Å². The van der Waals surface area contributed by atoms with Crippen molar-refractivity contribution in [1.82, 2.24) is 26.3 Å². The highest BCUT2D eigenvalue weighted by atomic mass is 35.5. The Morgan fingerprint density at radius 3 is 1.80 bits per heavy atom. The molecule has 59 heavy (non-hydrogen) atoms. The van der Waals surface area contributed by atoms with Crippen LogP contribution in [0.5, 0.6) is 0 Å². The maximum absolute atomic E-state index is 14.3. The highest BCUT2D eigenvalue weighted by molar-refractivity contribution is 6.30. The number of guanidine groups is 1. The van der Waals surface area contributed by atoms with Gasteiger partial charge in [-0.3, -0.25) is 29.0 Å². The lowest BCUT2D eigenvalue weighted by Gasteiger charge is -2.26. The molecule has 0 saturated heterocycles. The first-order valence-electron chi connectivity index (χ1n) is 19.4. The van der Waals surface area contributed by atoms with E-state index in [9.17, 15) is 24.0 Å². The number of halogens is 1. The molecule has 5 rings (SSSR count). The summed E-state index contributed by atoms with van der Waals surface area (Å²) in [4.78, 5) is 75.6. The third-order valence-corrected chi connectivity index (χ3v) is 9.99. The Bertz CT molecular complexity index is 2210. The molecule has 308 valence electrons. The number of hydrogen-bond donors (Lipinski definition) is 8. The van der Waals surface area contributed by atoms with E-state index in [4.69, 9.17) is 28.8 Å². The molecule has 11 N–H and O–H groups in total. The van der Waals surface area contributed by atoms with Gasteiger partial charge in [0.25, 0.3) is 0 Å². The van der Waals surface area contributed by atoms with Crippen molar-refractivity contribution in [2.45, 2.75) is 69.1 Å². The second kappa shape index (κ2) is 21.7. The van der Waals surface area contributed by atoms with Crippen LogP contribution in [0, 0.1) is 0 Å². The highest BCUT2D eigenvalue weighted by Crippen LogP contribution is 2.19. The Hall–Kier alpha value is -6.67. The van der Waals surface area contributed by atoms with Crippen molar-refractivity contribution in [3.8, 4) is 0 Å². The number of aromatic amines is 1. The molecule has 0 aliphatic rings. The standard InChI is InChI=1S/C44H50ClN9O5/c45-32-20-17-30(18-21-32)25-37(51-39(55)22-19-28-10-3-1-4-11-28)42(58)54-38(24-29-12-5-2-6-13-29)43(59)52-35(16-9-23-49-44(47)48)41(57)53-36(40(46)56)26-31-27-50-34-15-8-7-14-33(31)34/h1-8,10-15,17-18,20-21,27,35-38,50H,9,16,19,22-26H2,(H2,46,56)(H,51,55)(H,52,59)(H,53,57)(H,54,58)(H4,47,48,49)/t35-,36-,37-,38-/m0/s1. The van der Waals surface area contributed by atoms with Gasteiger partial charge in [-0.1, -0.05) is 103 Å². The van der Waals surface area contributed by atoms with Crippen molar-refractivity contribution in [2.24, 2.45) is 22.2 Å². The van der Waals surface area contributed by atoms with Crippen molar-refractivity contribution in [1.29, 1.82) is 0 Å². The lowest BCUT2D eigenvalue weighted by molar-refractivity contribution is -0.134. The smallest absolute Gasteiger partial charge is 0.243 e. The van der Waals surface area contributed by atoms with Crippen molar-refractivity contribution >= 4 is 58.0 Å². The van der Waals surface area contributed by atoms with Crippen LogP contribution >= 0.6 is 11.6 Å². The van der Waals surface area contributed by atoms with Crippen LogP contribution < -0.4 is 38.5 Å². The van der Waals surface area contributed by atoms with Crippen LogP contribution in [0.2, 0.25) is 5.02 Å². The van der Waals surface area contributed by atoms with Crippen LogP contribution in [-0.2, 0) is 49.7 Å². The number of para-hydroxylation sites is 1. The molecule has 0 bridgehead atoms. The number of aliphatic imine (C=N–C) groups is 1. The van der Waals surface area contributed by atoms with E-state index in [1.807, 2.05) is 72.8 Å². The first kappa shape index (κ1) is 43.5. The summed E-state index contributed by atoms with van der Waals surface area (Å²) in [5, 5.41) is 12.6. The molecule has 0 spiro atoms. The highest BCUT2D eigenvalue weighted by Gasteiger charge is 2.31. The number of carbonyl (C=O) groups is 5. The molecule has 1 heterocycles. The van der Waals surface area contributed by atoms with Gasteiger partial charge < -0.3 is 43.5 Å². The van der Waals surface area contributed by atoms with Gasteiger partial charge in [-0.2, -0.15) is 0 Å². The van der Waals surface area contributed by atoms with Crippen LogP contribution in [0.4, 0.5) is 0 Å². The van der Waals surface area contributed by atoms with Gasteiger partial charge >= 0.3 is 0 Å². The average Bonchev–Trinajstić information content (AvgIpc) is 3.64. The third kappa shape index (κ3) is 13.7. The van der Waals surface area contributed by atoms with E-state index >= 15 is 0 Å². The summed E-state index contributed by atoms with van der Waals surface area (Å²) in [6.45, 7) is 0.164. The van der Waals surface area contributed by atoms with Crippen LogP contribution in [0.15, 0.2) is 120 Å². The topological polar surface area (TPSA) is 240 Å². The quantitative estimate of drug-likeness (QED) is 0.0313. The molecule has 15 heteroatoms. The monoisotopic (exact) mass is 819 g/mol. The molecule has 0 radical (unpaired) electrons. The lowest BCUT2D eigenvalue weighted by atomic mass is 10.0. The first-order chi connectivity index (χ1) is 28.4. The Kier molecular flexibility index (Phi) is 16.0. The predicted molar refractivity (Wildman–Crippen MR) is 229 cm³/mol. The SMILES string of the molecule is NC(=O)[C@H](Cc1c[nH]c2ccccc12)NC(=O)[C@H](CCCN=C(N)N)NC(=O)[C@H](Cc1ccccc1)NC(=O)[C@H](Cc1ccc(Cl)cc1)NC(=O)CCc1ccccc1. The van der Waals surface area contributed by atoms with Crippen molar-refractivity contribution in [3.05, 3.63) is 143 Å². The van der Waals surface area contributed by atoms with Crippen LogP contribution in [0.25, 0.3) is 10.9 Å². The zero-order valence-electron chi connectivity index (χ0n) is 32.5. The van der Waals surface area contributed by atoms with Gasteiger partial charge in [-0.05, 0) is 59.7 Å². The molecule has 4 atom stereocenters. The van der Waals surface area contributed by atoms with Gasteiger partial charge in [0.1, 0.15) is 24.2 Å². The van der Waals surface area contributed by atoms with E-state index < -0.39 is 47.8 Å². The van der Waals surface area contributed by atoms with Crippen molar-refractivity contribution in [3.63, 3.8) is 0 Å². The Balaban J connectivity index is 1.36. The van der Waals surface area contributed by atoms with E-state index in [1.165, 1.54) is 0 Å². The zero-order valence-corrected chi connectivity index (χ0v) is 33.3. The van der Waals surface area contributed by atoms with Crippen LogP contribution in [-0.4, -0.2) is 71.2 Å². The number of nitrogens with zero attached hydrogens (tertiary/aromatic N) is 1. The maximum atomic E-state index is 14.3. The fraction of sp³-hybridized carbons (Fsp3) is 0.273. The van der Waals surface area contributed by atoms with E-state index in [0.717, 1.165) is 33.2 Å². The lowest BCUT2D eigenvalue weighted by Crippen LogP contribution is -2.59. The minimum atomic E-state index is -1.19. The number of nitrogens with one attached hydrogen (secondary N) is 5. The number of aromatic nitrogens is 1. The molecule has 4 aromatic carbocycles. The minimum absolute atomic E-state index is 0.0564. The summed E-state index contributed by atoms with van der Waals surface area (Å²) in [6, 6.07) is 28.5. The van der Waals surface area contributed by atoms with E-state index in [2.05, 4.69) is 31.2 Å². The van der Waals surface area contributed by atoms with Crippen molar-refractivity contribution < 1.29 is 24.0 Å². The number of nitrogens with two attached hydrogens (primary N) is 3. The summed E-state index contributed by atoms with van der Waals surface area (Å²) in [6.07, 6.45) is 2.98. The van der Waals surface area contributed by atoms with Gasteiger partial charge in [-0.15, -0.1) is 0 Å². The summed E-state index contributed by atoms with van der Waals surface area (Å²) in [5.74, 6) is -3.18. The molecule has 5 amide bonds.